The van der Waals surface area contributed by atoms with Crippen LogP contribution in [-0.2, 0) is 11.8 Å². The smallest absolute Gasteiger partial charge is 0.0159 e. The van der Waals surface area contributed by atoms with Gasteiger partial charge in [0.15, 0.2) is 0 Å². The van der Waals surface area contributed by atoms with E-state index >= 15 is 0 Å². The SMILES string of the molecule is C#CC1=C(c2ccc(Cc3cc4c(c5ccccc35)-c3ccc(C)cc3C4(C)C)cc2C)C=CCC1. The number of allylic oxidation sites excluding steroid dienone is 4. The first-order chi connectivity index (χ1) is 17.4. The molecular formula is C36H32. The van der Waals surface area contributed by atoms with Gasteiger partial charge in [-0.1, -0.05) is 104 Å². The molecule has 0 aliphatic heterocycles. The molecule has 0 radical (unpaired) electrons. The monoisotopic (exact) mass is 464 g/mol. The molecule has 0 saturated heterocycles. The minimum absolute atomic E-state index is 0.0132. The van der Waals surface area contributed by atoms with E-state index in [9.17, 15) is 0 Å². The third-order valence-corrected chi connectivity index (χ3v) is 8.24. The van der Waals surface area contributed by atoms with E-state index in [-0.39, 0.29) is 5.41 Å². The third-order valence-electron chi connectivity index (χ3n) is 8.24. The summed E-state index contributed by atoms with van der Waals surface area (Å²) in [5.74, 6) is 2.93. The van der Waals surface area contributed by atoms with Crippen molar-refractivity contribution in [1.29, 1.82) is 0 Å². The quantitative estimate of drug-likeness (QED) is 0.265. The molecule has 0 atom stereocenters. The van der Waals surface area contributed by atoms with Crippen molar-refractivity contribution in [1.82, 2.24) is 0 Å². The molecule has 36 heavy (non-hydrogen) atoms. The van der Waals surface area contributed by atoms with Crippen LogP contribution in [0.1, 0.15) is 65.6 Å². The fourth-order valence-electron chi connectivity index (χ4n) is 6.34. The normalized spacial score (nSPS) is 15.6. The molecule has 0 heterocycles. The molecule has 0 unspecified atom stereocenters. The molecule has 0 aromatic heterocycles. The lowest BCUT2D eigenvalue weighted by molar-refractivity contribution is 0.659. The van der Waals surface area contributed by atoms with E-state index in [0.29, 0.717) is 0 Å². The van der Waals surface area contributed by atoms with Crippen molar-refractivity contribution in [3.05, 3.63) is 123 Å². The van der Waals surface area contributed by atoms with Crippen LogP contribution in [0, 0.1) is 26.2 Å². The van der Waals surface area contributed by atoms with E-state index in [0.717, 1.165) is 24.8 Å². The Bertz CT molecular complexity index is 1650. The van der Waals surface area contributed by atoms with Crippen LogP contribution in [-0.4, -0.2) is 0 Å². The van der Waals surface area contributed by atoms with Gasteiger partial charge in [0.05, 0.1) is 0 Å². The first-order valence-corrected chi connectivity index (χ1v) is 13.0. The Morgan fingerprint density at radius 2 is 1.64 bits per heavy atom. The highest BCUT2D eigenvalue weighted by Gasteiger charge is 2.37. The van der Waals surface area contributed by atoms with Crippen molar-refractivity contribution < 1.29 is 0 Å². The van der Waals surface area contributed by atoms with Gasteiger partial charge in [-0.3, -0.25) is 0 Å². The fourth-order valence-corrected chi connectivity index (χ4v) is 6.34. The average molecular weight is 465 g/mol. The Kier molecular flexibility index (Phi) is 5.27. The van der Waals surface area contributed by atoms with Crippen LogP contribution < -0.4 is 0 Å². The topological polar surface area (TPSA) is 0 Å². The molecule has 6 rings (SSSR count). The molecule has 0 N–H and O–H groups in total. The molecule has 0 amide bonds. The maximum Gasteiger partial charge on any atom is 0.0159 e. The summed E-state index contributed by atoms with van der Waals surface area (Å²) in [5, 5.41) is 2.72. The summed E-state index contributed by atoms with van der Waals surface area (Å²) in [4.78, 5) is 0. The average Bonchev–Trinajstić information content (AvgIpc) is 3.10. The van der Waals surface area contributed by atoms with Crippen LogP contribution in [0.15, 0.2) is 84.5 Å². The van der Waals surface area contributed by atoms with Crippen LogP contribution in [0.2, 0.25) is 0 Å². The number of terminal acetylenes is 1. The molecule has 4 aromatic carbocycles. The summed E-state index contributed by atoms with van der Waals surface area (Å²) in [6.07, 6.45) is 13.2. The van der Waals surface area contributed by atoms with Crippen molar-refractivity contribution in [3.8, 4) is 23.5 Å². The van der Waals surface area contributed by atoms with Crippen LogP contribution in [0.5, 0.6) is 0 Å². The van der Waals surface area contributed by atoms with Gasteiger partial charge in [-0.2, -0.15) is 0 Å². The number of hydrogen-bond donors (Lipinski definition) is 0. The van der Waals surface area contributed by atoms with E-state index in [1.807, 2.05) is 0 Å². The maximum atomic E-state index is 5.83. The molecular weight excluding hydrogens is 432 g/mol. The zero-order valence-electron chi connectivity index (χ0n) is 21.7. The standard InChI is InChI=1S/C36H32/c1-6-26-11-7-8-12-29(26)28-18-16-25(20-24(28)3)21-27-22-34-35(31-14-10-9-13-30(27)31)32-17-15-23(2)19-33(32)36(34,4)5/h1,8-10,12-20,22H,7,11,21H2,2-5H3. The minimum Gasteiger partial charge on any atom is -0.115 e. The largest absolute Gasteiger partial charge is 0.115 e. The third kappa shape index (κ3) is 3.46. The second kappa shape index (κ2) is 8.39. The van der Waals surface area contributed by atoms with Crippen molar-refractivity contribution in [2.75, 3.05) is 0 Å². The van der Waals surface area contributed by atoms with Gasteiger partial charge in [0.2, 0.25) is 0 Å². The number of hydrogen-bond acceptors (Lipinski definition) is 0. The second-order valence-corrected chi connectivity index (χ2v) is 11.0. The Labute approximate surface area is 215 Å². The number of benzene rings is 4. The van der Waals surface area contributed by atoms with Gasteiger partial charge in [-0.05, 0) is 94.0 Å². The van der Waals surface area contributed by atoms with Gasteiger partial charge >= 0.3 is 0 Å². The lowest BCUT2D eigenvalue weighted by Crippen LogP contribution is -2.15. The van der Waals surface area contributed by atoms with E-state index in [1.54, 1.807) is 0 Å². The van der Waals surface area contributed by atoms with E-state index in [2.05, 4.69) is 112 Å². The second-order valence-electron chi connectivity index (χ2n) is 11.0. The molecule has 0 saturated carbocycles. The Morgan fingerprint density at radius 1 is 0.861 bits per heavy atom. The Balaban J connectivity index is 1.47. The van der Waals surface area contributed by atoms with Gasteiger partial charge in [0.25, 0.3) is 0 Å². The molecule has 0 spiro atoms. The zero-order chi connectivity index (χ0) is 25.0. The summed E-state index contributed by atoms with van der Waals surface area (Å²) in [6, 6.07) is 25.3. The van der Waals surface area contributed by atoms with Gasteiger partial charge in [-0.25, -0.2) is 0 Å². The van der Waals surface area contributed by atoms with Gasteiger partial charge in [0.1, 0.15) is 0 Å². The fraction of sp³-hybridized carbons (Fsp3) is 0.222. The highest BCUT2D eigenvalue weighted by molar-refractivity contribution is 6.04. The summed E-state index contributed by atoms with van der Waals surface area (Å²) in [5.41, 5.74) is 14.6. The highest BCUT2D eigenvalue weighted by atomic mass is 14.4. The predicted octanol–water partition coefficient (Wildman–Crippen LogP) is 9.09. The van der Waals surface area contributed by atoms with Crippen LogP contribution in [0.3, 0.4) is 0 Å². The Hall–Kier alpha value is -3.82. The summed E-state index contributed by atoms with van der Waals surface area (Å²) in [6.45, 7) is 9.16. The predicted molar refractivity (Wildman–Crippen MR) is 154 cm³/mol. The lowest BCUT2D eigenvalue weighted by atomic mass is 9.80. The van der Waals surface area contributed by atoms with Crippen LogP contribution >= 0.6 is 0 Å². The lowest BCUT2D eigenvalue weighted by Gasteiger charge is -2.23. The minimum atomic E-state index is -0.0132. The van der Waals surface area contributed by atoms with E-state index < -0.39 is 0 Å². The Morgan fingerprint density at radius 3 is 2.42 bits per heavy atom. The van der Waals surface area contributed by atoms with Gasteiger partial charge < -0.3 is 0 Å². The molecule has 0 fully saturated rings. The number of rotatable bonds is 3. The van der Waals surface area contributed by atoms with E-state index in [4.69, 9.17) is 6.42 Å². The highest BCUT2D eigenvalue weighted by Crippen LogP contribution is 2.52. The summed E-state index contributed by atoms with van der Waals surface area (Å²) in [7, 11) is 0. The van der Waals surface area contributed by atoms with Gasteiger partial charge in [0, 0.05) is 11.0 Å². The van der Waals surface area contributed by atoms with Crippen molar-refractivity contribution in [2.24, 2.45) is 0 Å². The number of aryl methyl sites for hydroxylation is 2. The zero-order valence-corrected chi connectivity index (χ0v) is 21.7. The summed E-state index contributed by atoms with van der Waals surface area (Å²) >= 11 is 0. The van der Waals surface area contributed by atoms with E-state index in [1.165, 1.54) is 66.4 Å². The van der Waals surface area contributed by atoms with Crippen LogP contribution in [0.25, 0.3) is 27.5 Å². The van der Waals surface area contributed by atoms with Crippen LogP contribution in [0.4, 0.5) is 0 Å². The van der Waals surface area contributed by atoms with Crippen molar-refractivity contribution in [2.45, 2.75) is 52.4 Å². The molecule has 2 aliphatic carbocycles. The molecule has 0 heteroatoms. The molecule has 4 aromatic rings. The van der Waals surface area contributed by atoms with Gasteiger partial charge in [-0.15, -0.1) is 6.42 Å². The number of fused-ring (bicyclic) bond motifs is 5. The summed E-state index contributed by atoms with van der Waals surface area (Å²) < 4.78 is 0. The van der Waals surface area contributed by atoms with Crippen molar-refractivity contribution in [3.63, 3.8) is 0 Å². The molecule has 0 bridgehead atoms. The molecule has 0 nitrogen and oxygen atoms in total. The molecule has 176 valence electrons. The molecule has 2 aliphatic rings. The maximum absolute atomic E-state index is 5.83. The first kappa shape index (κ1) is 22.6. The van der Waals surface area contributed by atoms with Crippen molar-refractivity contribution >= 4 is 16.3 Å². The first-order valence-electron chi connectivity index (χ1n) is 13.0.